The molecular formula is C24H30N4O3S. The van der Waals surface area contributed by atoms with E-state index in [0.29, 0.717) is 18.0 Å². The van der Waals surface area contributed by atoms with E-state index in [0.717, 1.165) is 74.3 Å². The Morgan fingerprint density at radius 2 is 1.66 bits per heavy atom. The van der Waals surface area contributed by atoms with Crippen LogP contribution in [0.5, 0.6) is 11.5 Å². The topological polar surface area (TPSA) is 64.5 Å². The van der Waals surface area contributed by atoms with Crippen molar-refractivity contribution in [2.24, 2.45) is 0 Å². The smallest absolute Gasteiger partial charge is 0.195 e. The number of aromatic nitrogens is 3. The van der Waals surface area contributed by atoms with Gasteiger partial charge < -0.3 is 18.8 Å². The molecular weight excluding hydrogens is 424 g/mol. The van der Waals surface area contributed by atoms with Gasteiger partial charge in [-0.1, -0.05) is 24.3 Å². The molecule has 0 spiro atoms. The molecule has 0 amide bonds. The van der Waals surface area contributed by atoms with Crippen molar-refractivity contribution in [3.63, 3.8) is 0 Å². The van der Waals surface area contributed by atoms with Gasteiger partial charge in [0.2, 0.25) is 0 Å². The number of ether oxygens (including phenoxy) is 3. The number of hydrogen-bond donors (Lipinski definition) is 1. The van der Waals surface area contributed by atoms with Crippen LogP contribution < -0.4 is 9.47 Å². The van der Waals surface area contributed by atoms with E-state index in [9.17, 15) is 0 Å². The number of hydrogen-bond acceptors (Lipinski definition) is 6. The van der Waals surface area contributed by atoms with Crippen LogP contribution in [-0.4, -0.2) is 59.1 Å². The van der Waals surface area contributed by atoms with Gasteiger partial charge in [-0.2, -0.15) is 5.10 Å². The quantitative estimate of drug-likeness (QED) is 0.461. The summed E-state index contributed by atoms with van der Waals surface area (Å²) in [5, 5.41) is 7.41. The Morgan fingerprint density at radius 1 is 0.969 bits per heavy atom. The molecule has 0 atom stereocenters. The van der Waals surface area contributed by atoms with E-state index >= 15 is 0 Å². The van der Waals surface area contributed by atoms with Crippen LogP contribution in [0.1, 0.15) is 18.9 Å². The van der Waals surface area contributed by atoms with Gasteiger partial charge in [-0.3, -0.25) is 10.00 Å². The Bertz CT molecular complexity index is 1020. The summed E-state index contributed by atoms with van der Waals surface area (Å²) in [5.41, 5.74) is 2.13. The zero-order chi connectivity index (χ0) is 22.2. The first-order valence-corrected chi connectivity index (χ1v) is 11.5. The average Bonchev–Trinajstić information content (AvgIpc) is 3.20. The Hall–Kier alpha value is -2.68. The van der Waals surface area contributed by atoms with Crippen LogP contribution in [0.4, 0.5) is 0 Å². The van der Waals surface area contributed by atoms with Crippen molar-refractivity contribution in [1.82, 2.24) is 19.7 Å². The number of rotatable bonds is 10. The molecule has 1 aliphatic rings. The van der Waals surface area contributed by atoms with Gasteiger partial charge in [0, 0.05) is 31.7 Å². The molecule has 1 fully saturated rings. The minimum atomic E-state index is 0.501. The molecule has 2 aromatic carbocycles. The Balaban J connectivity index is 1.33. The monoisotopic (exact) mass is 454 g/mol. The lowest BCUT2D eigenvalue weighted by Crippen LogP contribution is -2.37. The van der Waals surface area contributed by atoms with Gasteiger partial charge in [-0.15, -0.1) is 0 Å². The fraction of sp³-hybridized carbons (Fsp3) is 0.417. The SMILES string of the molecule is CCOc1ccc(OCc2ccc(-c3n[nH]c(=S)n3CCCN3CCOCC3)cc2)cc1. The summed E-state index contributed by atoms with van der Waals surface area (Å²) in [6.07, 6.45) is 1.02. The second kappa shape index (κ2) is 11.3. The van der Waals surface area contributed by atoms with Gasteiger partial charge in [-0.25, -0.2) is 0 Å². The van der Waals surface area contributed by atoms with Crippen LogP contribution in [0, 0.1) is 4.77 Å². The van der Waals surface area contributed by atoms with E-state index in [4.69, 9.17) is 26.4 Å². The van der Waals surface area contributed by atoms with Crippen LogP contribution in [0.25, 0.3) is 11.4 Å². The van der Waals surface area contributed by atoms with Gasteiger partial charge in [0.1, 0.15) is 18.1 Å². The van der Waals surface area contributed by atoms with Crippen molar-refractivity contribution >= 4 is 12.2 Å². The summed E-state index contributed by atoms with van der Waals surface area (Å²) < 4.78 is 19.5. The summed E-state index contributed by atoms with van der Waals surface area (Å²) in [6.45, 7) is 8.66. The molecule has 1 saturated heterocycles. The normalized spacial score (nSPS) is 14.4. The van der Waals surface area contributed by atoms with Crippen LogP contribution in [0.3, 0.4) is 0 Å². The molecule has 1 aliphatic heterocycles. The van der Waals surface area contributed by atoms with E-state index in [2.05, 4.69) is 43.9 Å². The molecule has 0 bridgehead atoms. The van der Waals surface area contributed by atoms with Crippen molar-refractivity contribution in [2.45, 2.75) is 26.5 Å². The van der Waals surface area contributed by atoms with E-state index < -0.39 is 0 Å². The van der Waals surface area contributed by atoms with Crippen LogP contribution >= 0.6 is 12.2 Å². The fourth-order valence-corrected chi connectivity index (χ4v) is 3.96. The number of nitrogens with one attached hydrogen (secondary N) is 1. The molecule has 0 unspecified atom stereocenters. The molecule has 2 heterocycles. The zero-order valence-electron chi connectivity index (χ0n) is 18.5. The number of aromatic amines is 1. The number of nitrogens with zero attached hydrogens (tertiary/aromatic N) is 3. The first kappa shape index (κ1) is 22.5. The third-order valence-electron chi connectivity index (χ3n) is 5.47. The van der Waals surface area contributed by atoms with Gasteiger partial charge in [0.05, 0.1) is 19.8 Å². The average molecular weight is 455 g/mol. The highest BCUT2D eigenvalue weighted by atomic mass is 32.1. The molecule has 1 N–H and O–H groups in total. The molecule has 1 aromatic heterocycles. The summed E-state index contributed by atoms with van der Waals surface area (Å²) in [5.74, 6) is 2.54. The molecule has 3 aromatic rings. The minimum absolute atomic E-state index is 0.501. The van der Waals surface area contributed by atoms with Crippen molar-refractivity contribution in [3.05, 3.63) is 58.9 Å². The summed E-state index contributed by atoms with van der Waals surface area (Å²) in [6, 6.07) is 16.0. The summed E-state index contributed by atoms with van der Waals surface area (Å²) in [4.78, 5) is 2.44. The largest absolute Gasteiger partial charge is 0.494 e. The van der Waals surface area contributed by atoms with Crippen molar-refractivity contribution in [3.8, 4) is 22.9 Å². The number of benzene rings is 2. The van der Waals surface area contributed by atoms with Crippen molar-refractivity contribution in [1.29, 1.82) is 0 Å². The second-order valence-electron chi connectivity index (χ2n) is 7.70. The van der Waals surface area contributed by atoms with E-state index in [1.807, 2.05) is 31.2 Å². The lowest BCUT2D eigenvalue weighted by molar-refractivity contribution is 0.0369. The minimum Gasteiger partial charge on any atom is -0.494 e. The van der Waals surface area contributed by atoms with E-state index in [1.54, 1.807) is 0 Å². The fourth-order valence-electron chi connectivity index (χ4n) is 3.74. The first-order chi connectivity index (χ1) is 15.7. The van der Waals surface area contributed by atoms with E-state index in [-0.39, 0.29) is 0 Å². The predicted molar refractivity (Wildman–Crippen MR) is 127 cm³/mol. The van der Waals surface area contributed by atoms with E-state index in [1.165, 1.54) is 0 Å². The number of morpholine rings is 1. The highest BCUT2D eigenvalue weighted by Crippen LogP contribution is 2.21. The standard InChI is InChI=1S/C24H30N4O3S/c1-2-30-21-8-10-22(11-9-21)31-18-19-4-6-20(7-5-19)23-25-26-24(32)28(23)13-3-12-27-14-16-29-17-15-27/h4-11H,2-3,12-18H2,1H3,(H,26,32). The lowest BCUT2D eigenvalue weighted by atomic mass is 10.1. The first-order valence-electron chi connectivity index (χ1n) is 11.1. The maximum Gasteiger partial charge on any atom is 0.195 e. The molecule has 0 aliphatic carbocycles. The van der Waals surface area contributed by atoms with Crippen LogP contribution in [0.15, 0.2) is 48.5 Å². The van der Waals surface area contributed by atoms with Gasteiger partial charge in [-0.05, 0) is 55.4 Å². The Labute approximate surface area is 193 Å². The third kappa shape index (κ3) is 5.97. The van der Waals surface area contributed by atoms with Crippen LogP contribution in [-0.2, 0) is 17.9 Å². The predicted octanol–water partition coefficient (Wildman–Crippen LogP) is 4.31. The lowest BCUT2D eigenvalue weighted by Gasteiger charge is -2.26. The summed E-state index contributed by atoms with van der Waals surface area (Å²) in [7, 11) is 0. The molecule has 4 rings (SSSR count). The molecule has 7 nitrogen and oxygen atoms in total. The molecule has 0 radical (unpaired) electrons. The highest BCUT2D eigenvalue weighted by Gasteiger charge is 2.12. The third-order valence-corrected chi connectivity index (χ3v) is 5.78. The molecule has 0 saturated carbocycles. The molecule has 8 heteroatoms. The Morgan fingerprint density at radius 3 is 2.34 bits per heavy atom. The van der Waals surface area contributed by atoms with Gasteiger partial charge in [0.15, 0.2) is 10.6 Å². The highest BCUT2D eigenvalue weighted by molar-refractivity contribution is 7.71. The van der Waals surface area contributed by atoms with Crippen LogP contribution in [0.2, 0.25) is 0 Å². The van der Waals surface area contributed by atoms with Gasteiger partial charge in [0.25, 0.3) is 0 Å². The maximum absolute atomic E-state index is 5.90. The number of H-pyrrole nitrogens is 1. The van der Waals surface area contributed by atoms with Crippen molar-refractivity contribution in [2.75, 3.05) is 39.5 Å². The van der Waals surface area contributed by atoms with Gasteiger partial charge >= 0.3 is 0 Å². The van der Waals surface area contributed by atoms with Crippen molar-refractivity contribution < 1.29 is 14.2 Å². The molecule has 170 valence electrons. The molecule has 32 heavy (non-hydrogen) atoms. The summed E-state index contributed by atoms with van der Waals surface area (Å²) >= 11 is 5.47. The Kier molecular flexibility index (Phi) is 7.92. The second-order valence-corrected chi connectivity index (χ2v) is 8.09. The maximum atomic E-state index is 5.90. The zero-order valence-corrected chi connectivity index (χ0v) is 19.3.